The Labute approximate surface area is 177 Å². The minimum atomic E-state index is -3.83. The first-order valence-corrected chi connectivity index (χ1v) is 12.7. The minimum Gasteiger partial charge on any atom is -0.383 e. The van der Waals surface area contributed by atoms with Gasteiger partial charge in [-0.05, 0) is 43.2 Å². The van der Waals surface area contributed by atoms with Gasteiger partial charge in [0.1, 0.15) is 10.6 Å². The topological polar surface area (TPSA) is 93.6 Å². The Morgan fingerprint density at radius 2 is 1.67 bits per heavy atom. The lowest BCUT2D eigenvalue weighted by Crippen LogP contribution is -2.37. The number of hydrogen-bond acceptors (Lipinski definition) is 6. The summed E-state index contributed by atoms with van der Waals surface area (Å²) in [6.45, 7) is 3.93. The van der Waals surface area contributed by atoms with Crippen LogP contribution in [0.2, 0.25) is 0 Å². The predicted octanol–water partition coefficient (Wildman–Crippen LogP) is 3.56. The molecule has 0 saturated carbocycles. The van der Waals surface area contributed by atoms with Gasteiger partial charge in [0.15, 0.2) is 0 Å². The molecule has 0 aliphatic heterocycles. The van der Waals surface area contributed by atoms with E-state index in [1.807, 2.05) is 26.0 Å². The second-order valence-corrected chi connectivity index (χ2v) is 10.5. The summed E-state index contributed by atoms with van der Waals surface area (Å²) in [4.78, 5) is 4.45. The van der Waals surface area contributed by atoms with Crippen molar-refractivity contribution in [1.29, 1.82) is 0 Å². The van der Waals surface area contributed by atoms with Crippen LogP contribution in [0.15, 0.2) is 65.7 Å². The first-order chi connectivity index (χ1) is 14.1. The van der Waals surface area contributed by atoms with E-state index in [4.69, 9.17) is 4.18 Å². The fraction of sp³-hybridized carbons (Fsp3) is 0.286. The molecule has 9 heteroatoms. The molecule has 1 aromatic heterocycles. The Morgan fingerprint density at radius 1 is 1.00 bits per heavy atom. The van der Waals surface area contributed by atoms with E-state index < -0.39 is 20.1 Å². The van der Waals surface area contributed by atoms with Crippen molar-refractivity contribution in [3.05, 3.63) is 66.4 Å². The van der Waals surface area contributed by atoms with Crippen molar-refractivity contribution >= 4 is 31.0 Å². The monoisotopic (exact) mass is 448 g/mol. The summed E-state index contributed by atoms with van der Waals surface area (Å²) < 4.78 is 56.0. The maximum atomic E-state index is 13.6. The second-order valence-electron chi connectivity index (χ2n) is 7.07. The Morgan fingerprint density at radius 3 is 2.30 bits per heavy atom. The zero-order valence-electron chi connectivity index (χ0n) is 17.0. The summed E-state index contributed by atoms with van der Waals surface area (Å²) in [6.07, 6.45) is 3.18. The number of rotatable bonds is 8. The number of para-hydroxylation sites is 1. The molecule has 30 heavy (non-hydrogen) atoms. The molecule has 0 aliphatic rings. The van der Waals surface area contributed by atoms with Crippen LogP contribution < -0.4 is 4.18 Å². The van der Waals surface area contributed by atoms with Gasteiger partial charge in [-0.15, -0.1) is 0 Å². The van der Waals surface area contributed by atoms with Gasteiger partial charge in [0.2, 0.25) is 10.0 Å². The molecular formula is C21H24N2O5S2. The van der Waals surface area contributed by atoms with E-state index in [2.05, 4.69) is 4.98 Å². The highest BCUT2D eigenvalue weighted by molar-refractivity contribution is 7.89. The molecule has 3 aromatic rings. The third kappa shape index (κ3) is 4.97. The highest BCUT2D eigenvalue weighted by atomic mass is 32.2. The van der Waals surface area contributed by atoms with Crippen molar-refractivity contribution in [1.82, 2.24) is 9.29 Å². The van der Waals surface area contributed by atoms with Crippen LogP contribution in [0.5, 0.6) is 5.75 Å². The van der Waals surface area contributed by atoms with E-state index in [-0.39, 0.29) is 23.2 Å². The Balaban J connectivity index is 1.98. The summed E-state index contributed by atoms with van der Waals surface area (Å²) in [5.41, 5.74) is 1.15. The fourth-order valence-corrected chi connectivity index (χ4v) is 5.42. The van der Waals surface area contributed by atoms with Crippen molar-refractivity contribution in [2.24, 2.45) is 0 Å². The summed E-state index contributed by atoms with van der Waals surface area (Å²) in [6, 6.07) is 14.8. The first-order valence-electron chi connectivity index (χ1n) is 9.46. The molecule has 1 heterocycles. The Bertz CT molecular complexity index is 1230. The molecule has 160 valence electrons. The van der Waals surface area contributed by atoms with Crippen LogP contribution in [0.3, 0.4) is 0 Å². The van der Waals surface area contributed by atoms with Gasteiger partial charge < -0.3 is 4.18 Å². The molecule has 0 saturated heterocycles. The molecule has 1 atom stereocenters. The van der Waals surface area contributed by atoms with Gasteiger partial charge >= 0.3 is 10.1 Å². The zero-order valence-corrected chi connectivity index (χ0v) is 18.7. The highest BCUT2D eigenvalue weighted by Gasteiger charge is 2.30. The van der Waals surface area contributed by atoms with E-state index in [1.165, 1.54) is 16.4 Å². The quantitative estimate of drug-likeness (QED) is 0.489. The Kier molecular flexibility index (Phi) is 6.44. The van der Waals surface area contributed by atoms with E-state index >= 15 is 0 Å². The third-order valence-corrected chi connectivity index (χ3v) is 7.26. The summed E-state index contributed by atoms with van der Waals surface area (Å²) in [5, 5.41) is 0.755. The SMILES string of the molecule is CCC(C)N(Cc1ccc(OS(C)(=O)=O)cc1)S(=O)(=O)c1cccc2cccnc12. The molecule has 0 aliphatic carbocycles. The molecule has 1 unspecified atom stereocenters. The summed E-state index contributed by atoms with van der Waals surface area (Å²) >= 11 is 0. The molecule has 0 N–H and O–H groups in total. The van der Waals surface area contributed by atoms with Crippen LogP contribution in [0.4, 0.5) is 0 Å². The third-order valence-electron chi connectivity index (χ3n) is 4.77. The summed E-state index contributed by atoms with van der Waals surface area (Å²) in [7, 11) is -7.46. The number of benzene rings is 2. The van der Waals surface area contributed by atoms with Crippen molar-refractivity contribution in [3.63, 3.8) is 0 Å². The predicted molar refractivity (Wildman–Crippen MR) is 116 cm³/mol. The van der Waals surface area contributed by atoms with E-state index in [9.17, 15) is 16.8 Å². The average Bonchev–Trinajstić information content (AvgIpc) is 2.71. The van der Waals surface area contributed by atoms with Gasteiger partial charge in [0, 0.05) is 24.2 Å². The molecule has 0 spiro atoms. The largest absolute Gasteiger partial charge is 0.383 e. The van der Waals surface area contributed by atoms with Crippen LogP contribution in [-0.4, -0.2) is 38.4 Å². The molecule has 7 nitrogen and oxygen atoms in total. The maximum absolute atomic E-state index is 13.6. The molecule has 3 rings (SSSR count). The lowest BCUT2D eigenvalue weighted by atomic mass is 10.2. The number of pyridine rings is 1. The second kappa shape index (κ2) is 8.71. The fourth-order valence-electron chi connectivity index (χ4n) is 3.10. The number of nitrogens with zero attached hydrogens (tertiary/aromatic N) is 2. The van der Waals surface area contributed by atoms with Gasteiger partial charge in [0.25, 0.3) is 0 Å². The zero-order chi connectivity index (χ0) is 21.9. The lowest BCUT2D eigenvalue weighted by Gasteiger charge is -2.28. The van der Waals surface area contributed by atoms with Gasteiger partial charge in [-0.25, -0.2) is 8.42 Å². The average molecular weight is 449 g/mol. The molecule has 2 aromatic carbocycles. The van der Waals surface area contributed by atoms with Crippen LogP contribution in [0, 0.1) is 0 Å². The van der Waals surface area contributed by atoms with Crippen LogP contribution >= 0.6 is 0 Å². The van der Waals surface area contributed by atoms with E-state index in [0.717, 1.165) is 11.6 Å². The van der Waals surface area contributed by atoms with Crippen molar-refractivity contribution in [3.8, 4) is 5.75 Å². The van der Waals surface area contributed by atoms with Crippen molar-refractivity contribution in [2.75, 3.05) is 6.26 Å². The number of hydrogen-bond donors (Lipinski definition) is 0. The highest BCUT2D eigenvalue weighted by Crippen LogP contribution is 2.28. The van der Waals surface area contributed by atoms with Crippen LogP contribution in [0.1, 0.15) is 25.8 Å². The van der Waals surface area contributed by atoms with Crippen molar-refractivity contribution in [2.45, 2.75) is 37.8 Å². The van der Waals surface area contributed by atoms with Crippen molar-refractivity contribution < 1.29 is 21.0 Å². The molecule has 0 radical (unpaired) electrons. The van der Waals surface area contributed by atoms with Gasteiger partial charge in [-0.2, -0.15) is 12.7 Å². The number of sulfonamides is 1. The maximum Gasteiger partial charge on any atom is 0.306 e. The van der Waals surface area contributed by atoms with E-state index in [1.54, 1.807) is 36.5 Å². The summed E-state index contributed by atoms with van der Waals surface area (Å²) in [5.74, 6) is 0.178. The molecule has 0 bridgehead atoms. The van der Waals surface area contributed by atoms with E-state index in [0.29, 0.717) is 17.5 Å². The minimum absolute atomic E-state index is 0.139. The van der Waals surface area contributed by atoms with Crippen LogP contribution in [-0.2, 0) is 26.7 Å². The first kappa shape index (κ1) is 22.2. The van der Waals surface area contributed by atoms with Gasteiger partial charge in [-0.3, -0.25) is 4.98 Å². The standard InChI is InChI=1S/C21H24N2O5S2/c1-4-16(2)23(15-17-10-12-19(13-11-17)28-29(3,24)25)30(26,27)20-9-5-7-18-8-6-14-22-21(18)20/h5-14,16H,4,15H2,1-3H3. The normalized spacial score (nSPS) is 13.5. The molecular weight excluding hydrogens is 424 g/mol. The lowest BCUT2D eigenvalue weighted by molar-refractivity contribution is 0.323. The Hall–Kier alpha value is -2.49. The number of aromatic nitrogens is 1. The van der Waals surface area contributed by atoms with Gasteiger partial charge in [0.05, 0.1) is 11.8 Å². The molecule has 0 amide bonds. The molecule has 0 fully saturated rings. The smallest absolute Gasteiger partial charge is 0.306 e. The van der Waals surface area contributed by atoms with Crippen LogP contribution in [0.25, 0.3) is 10.9 Å². The van der Waals surface area contributed by atoms with Gasteiger partial charge in [-0.1, -0.05) is 37.3 Å². The number of fused-ring (bicyclic) bond motifs is 1.